The molecule has 6 heteroatoms. The number of likely N-dealkylation sites (N-methyl/N-ethyl adjacent to an activating group) is 1. The Morgan fingerprint density at radius 2 is 2.00 bits per heavy atom. The number of nitrogens with one attached hydrogen (secondary N) is 1. The molecule has 124 valence electrons. The van der Waals surface area contributed by atoms with E-state index in [2.05, 4.69) is 36.1 Å². The summed E-state index contributed by atoms with van der Waals surface area (Å²) in [4.78, 5) is 4.72. The first-order chi connectivity index (χ1) is 10.4. The molecule has 1 saturated heterocycles. The predicted molar refractivity (Wildman–Crippen MR) is 93.3 cm³/mol. The van der Waals surface area contributed by atoms with Crippen LogP contribution in [0.15, 0.2) is 12.1 Å². The van der Waals surface area contributed by atoms with Crippen molar-refractivity contribution in [3.05, 3.63) is 27.7 Å². The number of ether oxygens (including phenoxy) is 1. The first-order valence-corrected chi connectivity index (χ1v) is 8.33. The Bertz CT molecular complexity index is 487. The summed E-state index contributed by atoms with van der Waals surface area (Å²) in [5.41, 5.74) is 1.14. The third kappa shape index (κ3) is 4.06. The third-order valence-corrected chi connectivity index (χ3v) is 4.66. The van der Waals surface area contributed by atoms with Gasteiger partial charge in [0.25, 0.3) is 0 Å². The Hall–Kier alpha value is -0.520. The number of halogens is 2. The van der Waals surface area contributed by atoms with Gasteiger partial charge in [0.2, 0.25) is 0 Å². The molecule has 0 aliphatic carbocycles. The summed E-state index contributed by atoms with van der Waals surface area (Å²) in [7, 11) is 5.77. The standard InChI is InChI=1S/C16H25Cl2N3O/c1-11-9-19-5-6-21(11)15(10-20(2)3)12-7-13(17)16(22-4)14(18)8-12/h7-8,11,15,19H,5-6,9-10H2,1-4H3. The topological polar surface area (TPSA) is 27.7 Å². The molecule has 0 amide bonds. The maximum Gasteiger partial charge on any atom is 0.156 e. The zero-order chi connectivity index (χ0) is 16.3. The van der Waals surface area contributed by atoms with E-state index in [4.69, 9.17) is 27.9 Å². The van der Waals surface area contributed by atoms with Crippen LogP contribution in [0.5, 0.6) is 5.75 Å². The SMILES string of the molecule is COc1c(Cl)cc(C(CN(C)C)N2CCNCC2C)cc1Cl. The highest BCUT2D eigenvalue weighted by Gasteiger charge is 2.28. The second-order valence-electron chi connectivity index (χ2n) is 6.09. The van der Waals surface area contributed by atoms with Gasteiger partial charge in [0.1, 0.15) is 0 Å². The lowest BCUT2D eigenvalue weighted by molar-refractivity contribution is 0.0968. The molecule has 2 atom stereocenters. The average Bonchev–Trinajstić information content (AvgIpc) is 2.45. The van der Waals surface area contributed by atoms with Crippen molar-refractivity contribution in [2.75, 3.05) is 47.4 Å². The van der Waals surface area contributed by atoms with Gasteiger partial charge in [-0.25, -0.2) is 0 Å². The fraction of sp³-hybridized carbons (Fsp3) is 0.625. The second-order valence-corrected chi connectivity index (χ2v) is 6.90. The second kappa shape index (κ2) is 7.84. The van der Waals surface area contributed by atoms with Crippen LogP contribution in [0.25, 0.3) is 0 Å². The van der Waals surface area contributed by atoms with Crippen LogP contribution in [0, 0.1) is 0 Å². The van der Waals surface area contributed by atoms with Crippen LogP contribution in [0.4, 0.5) is 0 Å². The molecule has 0 radical (unpaired) electrons. The largest absolute Gasteiger partial charge is 0.494 e. The van der Waals surface area contributed by atoms with E-state index in [9.17, 15) is 0 Å². The van der Waals surface area contributed by atoms with Gasteiger partial charge < -0.3 is 15.0 Å². The number of benzene rings is 1. The van der Waals surface area contributed by atoms with Gasteiger partial charge in [-0.2, -0.15) is 0 Å². The van der Waals surface area contributed by atoms with Gasteiger partial charge in [-0.15, -0.1) is 0 Å². The zero-order valence-electron chi connectivity index (χ0n) is 13.7. The Kier molecular flexibility index (Phi) is 6.36. The van der Waals surface area contributed by atoms with Crippen molar-refractivity contribution in [1.82, 2.24) is 15.1 Å². The van der Waals surface area contributed by atoms with Gasteiger partial charge in [-0.1, -0.05) is 23.2 Å². The van der Waals surface area contributed by atoms with Gasteiger partial charge >= 0.3 is 0 Å². The molecule has 1 N–H and O–H groups in total. The normalized spacial score (nSPS) is 21.1. The molecule has 1 heterocycles. The summed E-state index contributed by atoms with van der Waals surface area (Å²) in [6.45, 7) is 6.19. The first-order valence-electron chi connectivity index (χ1n) is 7.58. The van der Waals surface area contributed by atoms with Crippen molar-refractivity contribution in [3.63, 3.8) is 0 Å². The van der Waals surface area contributed by atoms with Gasteiger partial charge in [0, 0.05) is 38.3 Å². The van der Waals surface area contributed by atoms with E-state index in [1.165, 1.54) is 0 Å². The quantitative estimate of drug-likeness (QED) is 0.887. The molecule has 2 rings (SSSR count). The van der Waals surface area contributed by atoms with E-state index in [1.54, 1.807) is 7.11 Å². The molecule has 1 aromatic rings. The molecule has 1 aliphatic rings. The fourth-order valence-electron chi connectivity index (χ4n) is 3.03. The minimum absolute atomic E-state index is 0.257. The number of hydrogen-bond donors (Lipinski definition) is 1. The third-order valence-electron chi connectivity index (χ3n) is 4.10. The maximum atomic E-state index is 6.34. The molecule has 1 aromatic carbocycles. The van der Waals surface area contributed by atoms with Crippen molar-refractivity contribution in [1.29, 1.82) is 0 Å². The number of rotatable bonds is 5. The van der Waals surface area contributed by atoms with E-state index >= 15 is 0 Å². The van der Waals surface area contributed by atoms with Gasteiger partial charge in [-0.05, 0) is 38.7 Å². The lowest BCUT2D eigenvalue weighted by Crippen LogP contribution is -2.52. The maximum absolute atomic E-state index is 6.34. The summed E-state index contributed by atoms with van der Waals surface area (Å²) in [6, 6.07) is 4.69. The zero-order valence-corrected chi connectivity index (χ0v) is 15.2. The van der Waals surface area contributed by atoms with E-state index in [1.807, 2.05) is 12.1 Å². The summed E-state index contributed by atoms with van der Waals surface area (Å²) in [6.07, 6.45) is 0. The number of methoxy groups -OCH3 is 1. The molecule has 0 aromatic heterocycles. The molecule has 0 bridgehead atoms. The van der Waals surface area contributed by atoms with E-state index in [0.29, 0.717) is 21.8 Å². The van der Waals surface area contributed by atoms with Crippen LogP contribution in [0.2, 0.25) is 10.0 Å². The van der Waals surface area contributed by atoms with Crippen LogP contribution in [-0.2, 0) is 0 Å². The van der Waals surface area contributed by atoms with Crippen LogP contribution >= 0.6 is 23.2 Å². The molecule has 4 nitrogen and oxygen atoms in total. The highest BCUT2D eigenvalue weighted by Crippen LogP contribution is 2.37. The summed E-state index contributed by atoms with van der Waals surface area (Å²) < 4.78 is 5.26. The van der Waals surface area contributed by atoms with Crippen LogP contribution in [0.3, 0.4) is 0 Å². The number of hydrogen-bond acceptors (Lipinski definition) is 4. The highest BCUT2D eigenvalue weighted by atomic mass is 35.5. The highest BCUT2D eigenvalue weighted by molar-refractivity contribution is 6.37. The Morgan fingerprint density at radius 1 is 1.36 bits per heavy atom. The molecule has 0 saturated carbocycles. The fourth-order valence-corrected chi connectivity index (χ4v) is 3.69. The predicted octanol–water partition coefficient (Wildman–Crippen LogP) is 2.90. The molecular formula is C16H25Cl2N3O. The van der Waals surface area contributed by atoms with Gasteiger partial charge in [-0.3, -0.25) is 4.90 Å². The Morgan fingerprint density at radius 3 is 2.50 bits per heavy atom. The van der Waals surface area contributed by atoms with Crippen LogP contribution in [-0.4, -0.2) is 63.2 Å². The van der Waals surface area contributed by atoms with Crippen molar-refractivity contribution in [3.8, 4) is 5.75 Å². The molecule has 1 fully saturated rings. The van der Waals surface area contributed by atoms with Gasteiger partial charge in [0.05, 0.1) is 17.2 Å². The van der Waals surface area contributed by atoms with Crippen LogP contribution < -0.4 is 10.1 Å². The Balaban J connectivity index is 2.36. The molecule has 0 spiro atoms. The monoisotopic (exact) mass is 345 g/mol. The summed E-state index contributed by atoms with van der Waals surface area (Å²) >= 11 is 12.7. The number of piperazine rings is 1. The molecule has 1 aliphatic heterocycles. The van der Waals surface area contributed by atoms with Crippen molar-refractivity contribution < 1.29 is 4.74 Å². The summed E-state index contributed by atoms with van der Waals surface area (Å²) in [5, 5.41) is 4.57. The lowest BCUT2D eigenvalue weighted by Gasteiger charge is -2.41. The minimum Gasteiger partial charge on any atom is -0.494 e. The van der Waals surface area contributed by atoms with E-state index < -0.39 is 0 Å². The average molecular weight is 346 g/mol. The molecular weight excluding hydrogens is 321 g/mol. The van der Waals surface area contributed by atoms with Gasteiger partial charge in [0.15, 0.2) is 5.75 Å². The van der Waals surface area contributed by atoms with Crippen molar-refractivity contribution in [2.24, 2.45) is 0 Å². The Labute approximate surface area is 143 Å². The lowest BCUT2D eigenvalue weighted by atomic mass is 10.0. The first kappa shape index (κ1) is 17.8. The number of nitrogens with zero attached hydrogens (tertiary/aromatic N) is 2. The minimum atomic E-state index is 0.257. The van der Waals surface area contributed by atoms with Crippen LogP contribution in [0.1, 0.15) is 18.5 Å². The summed E-state index contributed by atoms with van der Waals surface area (Å²) in [5.74, 6) is 0.545. The molecule has 22 heavy (non-hydrogen) atoms. The van der Waals surface area contributed by atoms with Crippen molar-refractivity contribution >= 4 is 23.2 Å². The van der Waals surface area contributed by atoms with E-state index in [-0.39, 0.29) is 6.04 Å². The smallest absolute Gasteiger partial charge is 0.156 e. The van der Waals surface area contributed by atoms with E-state index in [0.717, 1.165) is 31.7 Å². The van der Waals surface area contributed by atoms with Crippen molar-refractivity contribution in [2.45, 2.75) is 19.0 Å². The molecule has 2 unspecified atom stereocenters.